The molecule has 2 aromatic heterocycles. The van der Waals surface area contributed by atoms with Crippen LogP contribution in [-0.2, 0) is 18.7 Å². The van der Waals surface area contributed by atoms with E-state index in [2.05, 4.69) is 41.7 Å². The summed E-state index contributed by atoms with van der Waals surface area (Å²) < 4.78 is 0. The van der Waals surface area contributed by atoms with Gasteiger partial charge in [0.05, 0.1) is 12.2 Å². The van der Waals surface area contributed by atoms with Gasteiger partial charge in [0, 0.05) is 43.4 Å². The Morgan fingerprint density at radius 1 is 1.32 bits per heavy atom. The van der Waals surface area contributed by atoms with Gasteiger partial charge in [-0.1, -0.05) is 6.07 Å². The molecule has 0 bridgehead atoms. The average Bonchev–Trinajstić information content (AvgIpc) is 3.05. The minimum absolute atomic E-state index is 0.539. The molecular weight excluding hydrogens is 332 g/mol. The number of aliphatic hydroxyl groups is 1. The van der Waals surface area contributed by atoms with Crippen LogP contribution in [0.3, 0.4) is 0 Å². The molecule has 136 valence electrons. The van der Waals surface area contributed by atoms with Crippen molar-refractivity contribution >= 4 is 11.3 Å². The first kappa shape index (κ1) is 18.5. The number of hydrogen-bond acceptors (Lipinski definition) is 6. The van der Waals surface area contributed by atoms with Crippen molar-refractivity contribution in [2.45, 2.75) is 51.4 Å². The van der Waals surface area contributed by atoms with Crippen molar-refractivity contribution < 1.29 is 5.11 Å². The monoisotopic (exact) mass is 360 g/mol. The largest absolute Gasteiger partial charge is 0.383 e. The van der Waals surface area contributed by atoms with E-state index in [-0.39, 0.29) is 0 Å². The highest BCUT2D eigenvalue weighted by molar-refractivity contribution is 7.09. The van der Waals surface area contributed by atoms with Crippen molar-refractivity contribution in [2.75, 3.05) is 20.1 Å². The summed E-state index contributed by atoms with van der Waals surface area (Å²) in [5, 5.41) is 14.1. The van der Waals surface area contributed by atoms with Gasteiger partial charge in [0.1, 0.15) is 10.6 Å². The van der Waals surface area contributed by atoms with E-state index in [1.54, 1.807) is 17.5 Å². The van der Waals surface area contributed by atoms with Crippen LogP contribution in [0.25, 0.3) is 0 Å². The van der Waals surface area contributed by atoms with Gasteiger partial charge in [0.25, 0.3) is 0 Å². The summed E-state index contributed by atoms with van der Waals surface area (Å²) in [5.41, 5.74) is 1.29. The normalized spacial score (nSPS) is 18.2. The molecule has 1 N–H and O–H groups in total. The van der Waals surface area contributed by atoms with Gasteiger partial charge >= 0.3 is 0 Å². The van der Waals surface area contributed by atoms with Gasteiger partial charge in [-0.3, -0.25) is 9.88 Å². The molecule has 2 aromatic rings. The number of likely N-dealkylation sites (tertiary alicyclic amines) is 1. The quantitative estimate of drug-likeness (QED) is 0.858. The maximum absolute atomic E-state index is 11.0. The standard InChI is InChI=1S/C19H28N4OS/c1-15(2)23-9-6-19(24,7-10-23)17-14-25-18(21-17)13-22(3)12-16-5-4-8-20-11-16/h4-5,8,11,14-15,24H,6-7,9-10,12-13H2,1-3H3. The minimum Gasteiger partial charge on any atom is -0.383 e. The molecule has 0 unspecified atom stereocenters. The number of rotatable bonds is 6. The second-order valence-corrected chi connectivity index (χ2v) is 8.26. The molecule has 0 aromatic carbocycles. The molecule has 0 saturated carbocycles. The van der Waals surface area contributed by atoms with Crippen LogP contribution in [-0.4, -0.2) is 51.1 Å². The molecule has 25 heavy (non-hydrogen) atoms. The van der Waals surface area contributed by atoms with Gasteiger partial charge in [-0.2, -0.15) is 0 Å². The Morgan fingerprint density at radius 3 is 2.72 bits per heavy atom. The Morgan fingerprint density at radius 2 is 2.08 bits per heavy atom. The summed E-state index contributed by atoms with van der Waals surface area (Å²) in [7, 11) is 2.09. The van der Waals surface area contributed by atoms with E-state index >= 15 is 0 Å². The van der Waals surface area contributed by atoms with Crippen molar-refractivity contribution in [3.8, 4) is 0 Å². The van der Waals surface area contributed by atoms with E-state index in [4.69, 9.17) is 4.98 Å². The topological polar surface area (TPSA) is 52.5 Å². The van der Waals surface area contributed by atoms with E-state index < -0.39 is 5.60 Å². The Labute approximate surface area is 154 Å². The Balaban J connectivity index is 1.59. The van der Waals surface area contributed by atoms with Gasteiger partial charge in [0.2, 0.25) is 0 Å². The maximum atomic E-state index is 11.0. The average molecular weight is 361 g/mol. The van der Waals surface area contributed by atoms with Gasteiger partial charge in [-0.15, -0.1) is 11.3 Å². The van der Waals surface area contributed by atoms with Crippen LogP contribution in [0.15, 0.2) is 29.9 Å². The van der Waals surface area contributed by atoms with Gasteiger partial charge in [0.15, 0.2) is 0 Å². The number of thiazole rings is 1. The molecule has 6 heteroatoms. The van der Waals surface area contributed by atoms with Crippen molar-refractivity contribution in [1.29, 1.82) is 0 Å². The van der Waals surface area contributed by atoms with Crippen LogP contribution in [0.2, 0.25) is 0 Å². The molecular formula is C19H28N4OS. The van der Waals surface area contributed by atoms with Crippen LogP contribution in [0.5, 0.6) is 0 Å². The first-order valence-electron chi connectivity index (χ1n) is 8.95. The molecule has 3 rings (SSSR count). The fourth-order valence-corrected chi connectivity index (χ4v) is 4.32. The van der Waals surface area contributed by atoms with Gasteiger partial charge < -0.3 is 10.0 Å². The maximum Gasteiger partial charge on any atom is 0.110 e. The summed E-state index contributed by atoms with van der Waals surface area (Å²) in [6, 6.07) is 4.59. The molecule has 5 nitrogen and oxygen atoms in total. The molecule has 1 fully saturated rings. The van der Waals surface area contributed by atoms with E-state index in [0.29, 0.717) is 6.04 Å². The molecule has 0 amide bonds. The minimum atomic E-state index is -0.762. The molecule has 0 radical (unpaired) electrons. The Hall–Kier alpha value is -1.34. The van der Waals surface area contributed by atoms with Crippen molar-refractivity contribution in [3.63, 3.8) is 0 Å². The number of piperidine rings is 1. The predicted octanol–water partition coefficient (Wildman–Crippen LogP) is 2.86. The SMILES string of the molecule is CC(C)N1CCC(O)(c2csc(CN(C)Cc3cccnc3)n2)CC1. The van der Waals surface area contributed by atoms with Crippen LogP contribution in [0.4, 0.5) is 0 Å². The van der Waals surface area contributed by atoms with Crippen molar-refractivity contribution in [1.82, 2.24) is 19.8 Å². The first-order valence-corrected chi connectivity index (χ1v) is 9.83. The molecule has 0 atom stereocenters. The third-order valence-electron chi connectivity index (χ3n) is 4.96. The lowest BCUT2D eigenvalue weighted by molar-refractivity contribution is -0.0353. The van der Waals surface area contributed by atoms with E-state index in [1.165, 1.54) is 5.56 Å². The van der Waals surface area contributed by atoms with Crippen molar-refractivity contribution in [3.05, 3.63) is 46.2 Å². The van der Waals surface area contributed by atoms with E-state index in [0.717, 1.165) is 49.7 Å². The first-order chi connectivity index (χ1) is 12.0. The highest BCUT2D eigenvalue weighted by Gasteiger charge is 2.36. The summed E-state index contributed by atoms with van der Waals surface area (Å²) >= 11 is 1.65. The number of pyridine rings is 1. The summed E-state index contributed by atoms with van der Waals surface area (Å²) in [6.07, 6.45) is 5.22. The van der Waals surface area contributed by atoms with Crippen LogP contribution >= 0.6 is 11.3 Å². The van der Waals surface area contributed by atoms with E-state index in [1.807, 2.05) is 17.6 Å². The molecule has 1 aliphatic heterocycles. The summed E-state index contributed by atoms with van der Waals surface area (Å²) in [6.45, 7) is 7.92. The third kappa shape index (κ3) is 4.64. The van der Waals surface area contributed by atoms with Gasteiger partial charge in [-0.05, 0) is 45.4 Å². The van der Waals surface area contributed by atoms with Crippen molar-refractivity contribution in [2.24, 2.45) is 0 Å². The smallest absolute Gasteiger partial charge is 0.110 e. The summed E-state index contributed by atoms with van der Waals surface area (Å²) in [5.74, 6) is 0. The lowest BCUT2D eigenvalue weighted by Crippen LogP contribution is -2.45. The molecule has 0 spiro atoms. The number of nitrogens with zero attached hydrogens (tertiary/aromatic N) is 4. The fraction of sp³-hybridized carbons (Fsp3) is 0.579. The van der Waals surface area contributed by atoms with Crippen LogP contribution in [0, 0.1) is 0 Å². The Bertz CT molecular complexity index is 665. The lowest BCUT2D eigenvalue weighted by Gasteiger charge is -2.39. The van der Waals surface area contributed by atoms with Gasteiger partial charge in [-0.25, -0.2) is 4.98 Å². The van der Waals surface area contributed by atoms with E-state index in [9.17, 15) is 5.11 Å². The second kappa shape index (κ2) is 7.91. The third-order valence-corrected chi connectivity index (χ3v) is 5.80. The molecule has 3 heterocycles. The number of aromatic nitrogens is 2. The zero-order valence-electron chi connectivity index (χ0n) is 15.4. The highest BCUT2D eigenvalue weighted by atomic mass is 32.1. The molecule has 0 aliphatic carbocycles. The number of hydrogen-bond donors (Lipinski definition) is 1. The Kier molecular flexibility index (Phi) is 5.84. The zero-order chi connectivity index (χ0) is 17.9. The molecule has 1 aliphatic rings. The van der Waals surface area contributed by atoms with Crippen LogP contribution < -0.4 is 0 Å². The van der Waals surface area contributed by atoms with Crippen LogP contribution in [0.1, 0.15) is 43.0 Å². The molecule has 1 saturated heterocycles. The predicted molar refractivity (Wildman–Crippen MR) is 101 cm³/mol. The fourth-order valence-electron chi connectivity index (χ4n) is 3.35. The second-order valence-electron chi connectivity index (χ2n) is 7.32. The zero-order valence-corrected chi connectivity index (χ0v) is 16.2. The highest BCUT2D eigenvalue weighted by Crippen LogP contribution is 2.34. The lowest BCUT2D eigenvalue weighted by atomic mass is 9.88. The summed E-state index contributed by atoms with van der Waals surface area (Å²) in [4.78, 5) is 13.6.